The van der Waals surface area contributed by atoms with Gasteiger partial charge in [-0.1, -0.05) is 5.21 Å². The third-order valence-electron chi connectivity index (χ3n) is 2.65. The standard InChI is InChI=1S/C11H11N5O4/c12-11(18)7-1-2-8(10(3-7)16(19)20)4-15-5-9(6-17)13-14-15/h1-3,5,17H,4,6H2,(H2,12,18). The number of amides is 1. The van der Waals surface area contributed by atoms with Gasteiger partial charge in [0.15, 0.2) is 0 Å². The van der Waals surface area contributed by atoms with Crippen LogP contribution >= 0.6 is 0 Å². The molecule has 0 radical (unpaired) electrons. The van der Waals surface area contributed by atoms with Crippen molar-refractivity contribution in [3.05, 3.63) is 51.3 Å². The average Bonchev–Trinajstić information content (AvgIpc) is 2.86. The van der Waals surface area contributed by atoms with Crippen molar-refractivity contribution in [2.45, 2.75) is 13.2 Å². The fourth-order valence-electron chi connectivity index (χ4n) is 1.68. The van der Waals surface area contributed by atoms with E-state index in [1.54, 1.807) is 0 Å². The van der Waals surface area contributed by atoms with Crippen LogP contribution in [-0.4, -0.2) is 30.9 Å². The summed E-state index contributed by atoms with van der Waals surface area (Å²) in [5, 5.41) is 27.3. The van der Waals surface area contributed by atoms with E-state index in [4.69, 9.17) is 10.8 Å². The zero-order valence-corrected chi connectivity index (χ0v) is 10.3. The molecule has 9 nitrogen and oxygen atoms in total. The molecular formula is C11H11N5O4. The molecule has 0 spiro atoms. The van der Waals surface area contributed by atoms with Crippen molar-refractivity contribution >= 4 is 11.6 Å². The van der Waals surface area contributed by atoms with Crippen LogP contribution in [-0.2, 0) is 13.2 Å². The van der Waals surface area contributed by atoms with Crippen LogP contribution < -0.4 is 5.73 Å². The summed E-state index contributed by atoms with van der Waals surface area (Å²) in [6.07, 6.45) is 1.48. The summed E-state index contributed by atoms with van der Waals surface area (Å²) in [5.41, 5.74) is 5.65. The van der Waals surface area contributed by atoms with Crippen molar-refractivity contribution in [2.24, 2.45) is 5.73 Å². The number of hydrogen-bond acceptors (Lipinski definition) is 6. The smallest absolute Gasteiger partial charge is 0.275 e. The lowest BCUT2D eigenvalue weighted by molar-refractivity contribution is -0.385. The Balaban J connectivity index is 2.35. The van der Waals surface area contributed by atoms with Crippen LogP contribution in [0, 0.1) is 10.1 Å². The molecule has 2 aromatic rings. The quantitative estimate of drug-likeness (QED) is 0.574. The van der Waals surface area contributed by atoms with E-state index < -0.39 is 10.8 Å². The van der Waals surface area contributed by atoms with Gasteiger partial charge in [0.05, 0.1) is 29.8 Å². The van der Waals surface area contributed by atoms with E-state index in [-0.39, 0.29) is 24.4 Å². The Morgan fingerprint density at radius 1 is 1.50 bits per heavy atom. The first-order valence-corrected chi connectivity index (χ1v) is 5.58. The van der Waals surface area contributed by atoms with Crippen molar-refractivity contribution in [1.29, 1.82) is 0 Å². The minimum atomic E-state index is -0.733. The zero-order chi connectivity index (χ0) is 14.7. The van der Waals surface area contributed by atoms with E-state index in [9.17, 15) is 14.9 Å². The SMILES string of the molecule is NC(=O)c1ccc(Cn2cc(CO)nn2)c([N+](=O)[O-])c1. The van der Waals surface area contributed by atoms with Crippen molar-refractivity contribution in [2.75, 3.05) is 0 Å². The molecule has 1 amide bonds. The fourth-order valence-corrected chi connectivity index (χ4v) is 1.68. The summed E-state index contributed by atoms with van der Waals surface area (Å²) in [7, 11) is 0. The Morgan fingerprint density at radius 2 is 2.25 bits per heavy atom. The summed E-state index contributed by atoms with van der Waals surface area (Å²) < 4.78 is 1.36. The van der Waals surface area contributed by atoms with Crippen LogP contribution in [0.3, 0.4) is 0 Å². The molecule has 0 aliphatic rings. The van der Waals surface area contributed by atoms with Crippen LogP contribution in [0.4, 0.5) is 5.69 Å². The second-order valence-electron chi connectivity index (χ2n) is 4.03. The molecule has 0 bridgehead atoms. The van der Waals surface area contributed by atoms with Gasteiger partial charge in [0.2, 0.25) is 5.91 Å². The summed E-state index contributed by atoms with van der Waals surface area (Å²) in [6.45, 7) is -0.162. The zero-order valence-electron chi connectivity index (χ0n) is 10.3. The number of rotatable bonds is 5. The Morgan fingerprint density at radius 3 is 2.80 bits per heavy atom. The first-order valence-electron chi connectivity index (χ1n) is 5.58. The van der Waals surface area contributed by atoms with Crippen molar-refractivity contribution < 1.29 is 14.8 Å². The maximum absolute atomic E-state index is 11.0. The third kappa shape index (κ3) is 2.78. The number of nitrogens with two attached hydrogens (primary N) is 1. The van der Waals surface area contributed by atoms with Gasteiger partial charge in [0.1, 0.15) is 5.69 Å². The highest BCUT2D eigenvalue weighted by Crippen LogP contribution is 2.21. The molecule has 0 fully saturated rings. The summed E-state index contributed by atoms with van der Waals surface area (Å²) >= 11 is 0. The maximum Gasteiger partial charge on any atom is 0.275 e. The number of benzene rings is 1. The largest absolute Gasteiger partial charge is 0.390 e. The molecule has 3 N–H and O–H groups in total. The second kappa shape index (κ2) is 5.45. The fraction of sp³-hybridized carbons (Fsp3) is 0.182. The molecule has 1 aromatic carbocycles. The van der Waals surface area contributed by atoms with Gasteiger partial charge in [0, 0.05) is 11.6 Å². The van der Waals surface area contributed by atoms with Crippen molar-refractivity contribution in [1.82, 2.24) is 15.0 Å². The minimum absolute atomic E-state index is 0.0649. The highest BCUT2D eigenvalue weighted by Gasteiger charge is 2.17. The van der Waals surface area contributed by atoms with Gasteiger partial charge >= 0.3 is 0 Å². The molecule has 9 heteroatoms. The number of primary amides is 1. The van der Waals surface area contributed by atoms with Crippen LogP contribution in [0.25, 0.3) is 0 Å². The number of carbonyl (C=O) groups excluding carboxylic acids is 1. The summed E-state index contributed by atoms with van der Waals surface area (Å²) in [6, 6.07) is 3.98. The minimum Gasteiger partial charge on any atom is -0.390 e. The molecule has 104 valence electrons. The molecule has 0 saturated carbocycles. The molecule has 0 aliphatic heterocycles. The van der Waals surface area contributed by atoms with Crippen molar-refractivity contribution in [3.8, 4) is 0 Å². The van der Waals surface area contributed by atoms with E-state index in [0.29, 0.717) is 11.3 Å². The van der Waals surface area contributed by atoms with Crippen LogP contribution in [0.5, 0.6) is 0 Å². The number of hydrogen-bond donors (Lipinski definition) is 2. The van der Waals surface area contributed by atoms with Crippen LogP contribution in [0.15, 0.2) is 24.4 Å². The normalized spacial score (nSPS) is 10.4. The Hall–Kier alpha value is -2.81. The Kier molecular flexibility index (Phi) is 3.71. The Bertz CT molecular complexity index is 667. The monoisotopic (exact) mass is 277 g/mol. The topological polar surface area (TPSA) is 137 Å². The lowest BCUT2D eigenvalue weighted by Crippen LogP contribution is -2.12. The highest BCUT2D eigenvalue weighted by atomic mass is 16.6. The molecule has 0 saturated heterocycles. The molecule has 0 aliphatic carbocycles. The van der Waals surface area contributed by atoms with Gasteiger partial charge < -0.3 is 10.8 Å². The maximum atomic E-state index is 11.0. The average molecular weight is 277 g/mol. The van der Waals surface area contributed by atoms with Crippen molar-refractivity contribution in [3.63, 3.8) is 0 Å². The molecule has 0 atom stereocenters. The Labute approximate surface area is 112 Å². The number of aliphatic hydroxyl groups is 1. The number of nitro benzene ring substituents is 1. The summed E-state index contributed by atoms with van der Waals surface area (Å²) in [4.78, 5) is 21.5. The highest BCUT2D eigenvalue weighted by molar-refractivity contribution is 5.93. The second-order valence-corrected chi connectivity index (χ2v) is 4.03. The first-order chi connectivity index (χ1) is 9.51. The van der Waals surface area contributed by atoms with Gasteiger partial charge in [-0.3, -0.25) is 14.9 Å². The molecule has 20 heavy (non-hydrogen) atoms. The van der Waals surface area contributed by atoms with Crippen LogP contribution in [0.1, 0.15) is 21.6 Å². The van der Waals surface area contributed by atoms with E-state index in [1.807, 2.05) is 0 Å². The molecule has 1 heterocycles. The lowest BCUT2D eigenvalue weighted by Gasteiger charge is -2.04. The third-order valence-corrected chi connectivity index (χ3v) is 2.65. The molecule has 0 unspecified atom stereocenters. The van der Waals surface area contributed by atoms with E-state index >= 15 is 0 Å². The van der Waals surface area contributed by atoms with Gasteiger partial charge in [-0.15, -0.1) is 5.10 Å². The molecular weight excluding hydrogens is 266 g/mol. The van der Waals surface area contributed by atoms with E-state index in [2.05, 4.69) is 10.3 Å². The number of nitro groups is 1. The predicted octanol–water partition coefficient (Wildman–Crippen LogP) is -0.174. The number of nitrogens with zero attached hydrogens (tertiary/aromatic N) is 4. The molecule has 1 aromatic heterocycles. The van der Waals surface area contributed by atoms with Gasteiger partial charge in [0.25, 0.3) is 5.69 Å². The van der Waals surface area contributed by atoms with Gasteiger partial charge in [-0.05, 0) is 12.1 Å². The molecule has 2 rings (SSSR count). The van der Waals surface area contributed by atoms with Gasteiger partial charge in [-0.25, -0.2) is 4.68 Å². The number of aromatic nitrogens is 3. The van der Waals surface area contributed by atoms with Gasteiger partial charge in [-0.2, -0.15) is 0 Å². The van der Waals surface area contributed by atoms with E-state index in [0.717, 1.165) is 6.07 Å². The van der Waals surface area contributed by atoms with Crippen LogP contribution in [0.2, 0.25) is 0 Å². The predicted molar refractivity (Wildman–Crippen MR) is 66.7 cm³/mol. The number of aliphatic hydroxyl groups excluding tert-OH is 1. The first kappa shape index (κ1) is 13.6. The lowest BCUT2D eigenvalue weighted by atomic mass is 10.1. The van der Waals surface area contributed by atoms with E-state index in [1.165, 1.54) is 23.0 Å². The number of carbonyl (C=O) groups is 1. The summed E-state index contributed by atoms with van der Waals surface area (Å²) in [5.74, 6) is -0.733.